The maximum atomic E-state index is 12.9. The van der Waals surface area contributed by atoms with Crippen molar-refractivity contribution in [3.05, 3.63) is 146 Å². The molecule has 0 amide bonds. The molecule has 1 N–H and O–H groups in total. The van der Waals surface area contributed by atoms with Gasteiger partial charge in [0.2, 0.25) is 0 Å². The minimum Gasteiger partial charge on any atom is -0.477 e. The molecule has 0 aliphatic heterocycles. The van der Waals surface area contributed by atoms with Crippen LogP contribution in [0.5, 0.6) is 0 Å². The predicted octanol–water partition coefficient (Wildman–Crippen LogP) is 20.3. The number of unbranched alkanes of at least 4 members (excludes halogenated alkanes) is 20. The predicted molar refractivity (Wildman–Crippen MR) is 354 cm³/mol. The third-order valence-electron chi connectivity index (χ3n) is 13.6. The average molecular weight is 1150 g/mol. The molecule has 0 heterocycles. The lowest BCUT2D eigenvalue weighted by Gasteiger charge is -2.25. The molecule has 2 atom stereocenters. The number of carboxylic acid groups (broad SMARTS) is 1. The van der Waals surface area contributed by atoms with Crippen LogP contribution in [0.2, 0.25) is 0 Å². The quantitative estimate of drug-likeness (QED) is 0.0211. The fourth-order valence-electron chi connectivity index (χ4n) is 8.61. The van der Waals surface area contributed by atoms with Crippen LogP contribution in [-0.2, 0) is 33.3 Å². The minimum atomic E-state index is -1.52. The Morgan fingerprint density at radius 2 is 0.651 bits per heavy atom. The van der Waals surface area contributed by atoms with Gasteiger partial charge >= 0.3 is 17.9 Å². The van der Waals surface area contributed by atoms with Crippen LogP contribution < -0.4 is 0 Å². The van der Waals surface area contributed by atoms with E-state index < -0.39 is 24.3 Å². The van der Waals surface area contributed by atoms with E-state index in [1.54, 1.807) is 0 Å². The van der Waals surface area contributed by atoms with E-state index in [0.717, 1.165) is 128 Å². The van der Waals surface area contributed by atoms with Gasteiger partial charge < -0.3 is 28.5 Å². The van der Waals surface area contributed by atoms with Crippen molar-refractivity contribution in [1.82, 2.24) is 0 Å². The second kappa shape index (κ2) is 63.2. The monoisotopic (exact) mass is 1150 g/mol. The number of carbonyl (C=O) groups is 3. The summed E-state index contributed by atoms with van der Waals surface area (Å²) in [5, 5.41) is 9.73. The van der Waals surface area contributed by atoms with Crippen LogP contribution in [0, 0.1) is 0 Å². The van der Waals surface area contributed by atoms with Crippen molar-refractivity contribution >= 4 is 17.9 Å². The summed E-state index contributed by atoms with van der Waals surface area (Å²) in [5.74, 6) is -2.03. The van der Waals surface area contributed by atoms with Gasteiger partial charge in [0.25, 0.3) is 6.29 Å². The van der Waals surface area contributed by atoms with E-state index in [2.05, 4.69) is 160 Å². The van der Waals surface area contributed by atoms with E-state index in [1.807, 2.05) is 21.1 Å². The Balaban J connectivity index is 4.18. The van der Waals surface area contributed by atoms with Crippen LogP contribution in [-0.4, -0.2) is 87.4 Å². The molecule has 0 aliphatic rings. The van der Waals surface area contributed by atoms with Crippen molar-refractivity contribution in [3.63, 3.8) is 0 Å². The molecule has 0 aromatic carbocycles. The van der Waals surface area contributed by atoms with Gasteiger partial charge in [-0.2, -0.15) is 0 Å². The van der Waals surface area contributed by atoms with E-state index in [-0.39, 0.29) is 38.6 Å². The van der Waals surface area contributed by atoms with Gasteiger partial charge in [0.1, 0.15) is 13.2 Å². The molecule has 0 rings (SSSR count). The number of aliphatic carboxylic acids is 1. The van der Waals surface area contributed by atoms with Crippen molar-refractivity contribution in [1.29, 1.82) is 0 Å². The van der Waals surface area contributed by atoms with Crippen LogP contribution in [0.4, 0.5) is 0 Å². The van der Waals surface area contributed by atoms with E-state index in [9.17, 15) is 19.5 Å². The van der Waals surface area contributed by atoms with Crippen molar-refractivity contribution in [3.8, 4) is 0 Å². The highest BCUT2D eigenvalue weighted by atomic mass is 16.7. The summed E-state index contributed by atoms with van der Waals surface area (Å²) in [6.07, 6.45) is 89.4. The molecular formula is C74H122NO8+. The smallest absolute Gasteiger partial charge is 0.361 e. The third-order valence-corrected chi connectivity index (χ3v) is 13.6. The van der Waals surface area contributed by atoms with Gasteiger partial charge in [-0.05, 0) is 116 Å². The third kappa shape index (κ3) is 64.6. The Morgan fingerprint density at radius 3 is 0.964 bits per heavy atom. The van der Waals surface area contributed by atoms with Crippen LogP contribution >= 0.6 is 0 Å². The molecular weight excluding hydrogens is 1030 g/mol. The van der Waals surface area contributed by atoms with Gasteiger partial charge in [-0.1, -0.05) is 262 Å². The number of carboxylic acids is 1. The number of nitrogens with zero attached hydrogens (tertiary/aromatic N) is 1. The second-order valence-electron chi connectivity index (χ2n) is 22.7. The molecule has 0 aromatic heterocycles. The molecule has 0 saturated carbocycles. The molecule has 0 bridgehead atoms. The fraction of sp³-hybridized carbons (Fsp3) is 0.635. The zero-order chi connectivity index (χ0) is 60.5. The van der Waals surface area contributed by atoms with Crippen molar-refractivity contribution < 1.29 is 42.9 Å². The summed E-state index contributed by atoms with van der Waals surface area (Å²) < 4.78 is 22.9. The van der Waals surface area contributed by atoms with Gasteiger partial charge in [0.15, 0.2) is 6.10 Å². The number of quaternary nitrogens is 1. The maximum absolute atomic E-state index is 12.9. The molecule has 470 valence electrons. The molecule has 0 radical (unpaired) electrons. The van der Waals surface area contributed by atoms with E-state index in [1.165, 1.54) is 83.5 Å². The lowest BCUT2D eigenvalue weighted by atomic mass is 10.0. The van der Waals surface area contributed by atoms with Gasteiger partial charge in [-0.3, -0.25) is 9.59 Å². The molecule has 2 unspecified atom stereocenters. The summed E-state index contributed by atoms with van der Waals surface area (Å²) >= 11 is 0. The second-order valence-corrected chi connectivity index (χ2v) is 22.7. The lowest BCUT2D eigenvalue weighted by molar-refractivity contribution is -0.870. The summed E-state index contributed by atoms with van der Waals surface area (Å²) in [6, 6.07) is 0. The standard InChI is InChI=1S/C74H121NO8/c1-6-8-10-12-14-16-18-20-22-24-26-28-29-30-31-32-33-34-35-36-37-38-39-40-41-42-43-45-47-49-51-53-55-57-59-61-63-65-72(77)83-70(69-82-74(73(78)79)80-67-66-75(3,4)5)68-81-71(76)64-62-60-58-56-54-52-50-48-46-44-27-25-23-21-19-17-15-13-11-9-7-2/h8-11,14-17,20-23,26-28,30-31,33-34,36-37,39-40,44,70,74H,6-7,12-13,18-19,24-25,29,32,35,38,41-43,45-69H2,1-5H3/p+1/b10-8-,11-9-,16-14-,17-15-,22-20-,23-21-,28-26-,31-30-,34-33-,37-36-,40-39-,44-27-. The van der Waals surface area contributed by atoms with Gasteiger partial charge in [0, 0.05) is 12.8 Å². The summed E-state index contributed by atoms with van der Waals surface area (Å²) in [4.78, 5) is 37.6. The highest BCUT2D eigenvalue weighted by molar-refractivity contribution is 5.71. The first kappa shape index (κ1) is 78.2. The molecule has 0 spiro atoms. The first-order valence-electron chi connectivity index (χ1n) is 33.0. The molecule has 0 fully saturated rings. The zero-order valence-corrected chi connectivity index (χ0v) is 53.5. The Bertz CT molecular complexity index is 1870. The molecule has 0 aliphatic carbocycles. The first-order chi connectivity index (χ1) is 40.6. The number of rotatable bonds is 59. The van der Waals surface area contributed by atoms with E-state index in [4.69, 9.17) is 18.9 Å². The van der Waals surface area contributed by atoms with E-state index in [0.29, 0.717) is 17.4 Å². The summed E-state index contributed by atoms with van der Waals surface area (Å²) in [5.41, 5.74) is 0. The molecule has 0 saturated heterocycles. The Hall–Kier alpha value is -4.83. The Morgan fingerprint density at radius 1 is 0.361 bits per heavy atom. The highest BCUT2D eigenvalue weighted by Gasteiger charge is 2.25. The SMILES string of the molecule is CC/C=C\C/C=C\C/C=C\C/C=C\C/C=C\C/C=C\C/C=C\C/C=C\CCCCCCCCCCCCCCC(=O)OC(COC(=O)CCCCCCCCCC/C=C\C/C=C\C/C=C\C/C=C\CC)COC(OCC[N+](C)(C)C)C(=O)O. The molecule has 0 aromatic rings. The minimum absolute atomic E-state index is 0.179. The van der Waals surface area contributed by atoms with E-state index >= 15 is 0 Å². The average Bonchev–Trinajstić information content (AvgIpc) is 3.46. The number of esters is 2. The topological polar surface area (TPSA) is 108 Å². The molecule has 9 heteroatoms. The number of likely N-dealkylation sites (N-methyl/N-ethyl adjacent to an activating group) is 1. The largest absolute Gasteiger partial charge is 0.477 e. The van der Waals surface area contributed by atoms with Crippen molar-refractivity contribution in [2.75, 3.05) is 47.5 Å². The van der Waals surface area contributed by atoms with Crippen LogP contribution in [0.15, 0.2) is 146 Å². The van der Waals surface area contributed by atoms with Crippen molar-refractivity contribution in [2.45, 2.75) is 257 Å². The summed E-state index contributed by atoms with van der Waals surface area (Å²) in [7, 11) is 5.96. The maximum Gasteiger partial charge on any atom is 0.361 e. The van der Waals surface area contributed by atoms with Gasteiger partial charge in [0.05, 0.1) is 34.4 Å². The Kier molecular flexibility index (Phi) is 59.5. The number of hydrogen-bond acceptors (Lipinski definition) is 7. The zero-order valence-electron chi connectivity index (χ0n) is 53.5. The summed E-state index contributed by atoms with van der Waals surface area (Å²) in [6.45, 7) is 4.63. The van der Waals surface area contributed by atoms with Crippen LogP contribution in [0.25, 0.3) is 0 Å². The normalized spacial score (nSPS) is 13.7. The lowest BCUT2D eigenvalue weighted by Crippen LogP contribution is -2.40. The number of allylic oxidation sites excluding steroid dienone is 24. The first-order valence-corrected chi connectivity index (χ1v) is 33.0. The fourth-order valence-corrected chi connectivity index (χ4v) is 8.61. The highest BCUT2D eigenvalue weighted by Crippen LogP contribution is 2.16. The molecule has 83 heavy (non-hydrogen) atoms. The van der Waals surface area contributed by atoms with Gasteiger partial charge in [-0.15, -0.1) is 0 Å². The number of carbonyl (C=O) groups excluding carboxylic acids is 2. The van der Waals surface area contributed by atoms with Gasteiger partial charge in [-0.25, -0.2) is 4.79 Å². The number of hydrogen-bond donors (Lipinski definition) is 1. The number of ether oxygens (including phenoxy) is 4. The van der Waals surface area contributed by atoms with Crippen LogP contribution in [0.3, 0.4) is 0 Å². The van der Waals surface area contributed by atoms with Crippen LogP contribution in [0.1, 0.15) is 245 Å². The van der Waals surface area contributed by atoms with Crippen molar-refractivity contribution in [2.24, 2.45) is 0 Å². The Labute approximate surface area is 509 Å². The molecule has 9 nitrogen and oxygen atoms in total.